The molecule has 0 aromatic heterocycles. The van der Waals surface area contributed by atoms with Gasteiger partial charge in [-0.1, -0.05) is 27.7 Å². The predicted molar refractivity (Wildman–Crippen MR) is 68.2 cm³/mol. The summed E-state index contributed by atoms with van der Waals surface area (Å²) >= 11 is 0. The quantitative estimate of drug-likeness (QED) is 0.667. The van der Waals surface area contributed by atoms with Crippen LogP contribution in [-0.4, -0.2) is 29.3 Å². The topological polar surface area (TPSA) is 20.3 Å². The van der Waals surface area contributed by atoms with E-state index in [9.17, 15) is 4.79 Å². The van der Waals surface area contributed by atoms with E-state index in [2.05, 4.69) is 18.7 Å². The van der Waals surface area contributed by atoms with Crippen LogP contribution < -0.4 is 0 Å². The van der Waals surface area contributed by atoms with Crippen molar-refractivity contribution < 1.29 is 4.79 Å². The Morgan fingerprint density at radius 1 is 1.20 bits per heavy atom. The van der Waals surface area contributed by atoms with Crippen molar-refractivity contribution in [2.45, 2.75) is 72.9 Å². The van der Waals surface area contributed by atoms with Gasteiger partial charge in [0.2, 0.25) is 0 Å². The Bertz CT molecular complexity index is 175. The van der Waals surface area contributed by atoms with Crippen molar-refractivity contribution in [1.82, 2.24) is 4.90 Å². The summed E-state index contributed by atoms with van der Waals surface area (Å²) in [7, 11) is 2.04. The van der Waals surface area contributed by atoms with E-state index in [0.29, 0.717) is 5.78 Å². The Balaban J connectivity index is 0. The zero-order chi connectivity index (χ0) is 12.6. The largest absolute Gasteiger partial charge is 0.298 e. The molecular weight excluding hydrogens is 186 g/mol. The lowest BCUT2D eigenvalue weighted by Gasteiger charge is -2.30. The molecule has 0 bridgehead atoms. The van der Waals surface area contributed by atoms with Crippen LogP contribution in [0.3, 0.4) is 0 Å². The maximum absolute atomic E-state index is 11.1. The summed E-state index contributed by atoms with van der Waals surface area (Å²) in [6.07, 6.45) is 2.16. The molecule has 2 heteroatoms. The molecule has 1 aliphatic rings. The van der Waals surface area contributed by atoms with E-state index < -0.39 is 0 Å². The van der Waals surface area contributed by atoms with Crippen LogP contribution in [0.4, 0.5) is 0 Å². The van der Waals surface area contributed by atoms with Crippen molar-refractivity contribution in [2.75, 3.05) is 7.05 Å². The fourth-order valence-corrected chi connectivity index (χ4v) is 1.76. The second-order valence-corrected chi connectivity index (χ2v) is 4.09. The first-order chi connectivity index (χ1) is 6.95. The fourth-order valence-electron chi connectivity index (χ4n) is 1.76. The minimum absolute atomic E-state index is 0.171. The van der Waals surface area contributed by atoms with Gasteiger partial charge in [0, 0.05) is 5.54 Å². The van der Waals surface area contributed by atoms with Crippen molar-refractivity contribution in [3.63, 3.8) is 0 Å². The Morgan fingerprint density at radius 3 is 1.73 bits per heavy atom. The number of nitrogens with zero attached hydrogens (tertiary/aromatic N) is 1. The molecule has 1 heterocycles. The van der Waals surface area contributed by atoms with Gasteiger partial charge in [0.05, 0.1) is 6.04 Å². The zero-order valence-electron chi connectivity index (χ0n) is 11.8. The first-order valence-corrected chi connectivity index (χ1v) is 6.18. The molecular formula is C13H29NO. The molecule has 0 aliphatic carbocycles. The van der Waals surface area contributed by atoms with Crippen molar-refractivity contribution in [2.24, 2.45) is 0 Å². The van der Waals surface area contributed by atoms with Crippen molar-refractivity contribution >= 4 is 5.78 Å². The summed E-state index contributed by atoms with van der Waals surface area (Å²) in [5.41, 5.74) is 0.219. The summed E-state index contributed by atoms with van der Waals surface area (Å²) in [5.74, 6) is 0.304. The van der Waals surface area contributed by atoms with Gasteiger partial charge < -0.3 is 0 Å². The van der Waals surface area contributed by atoms with Crippen LogP contribution in [0, 0.1) is 0 Å². The number of hydrogen-bond acceptors (Lipinski definition) is 2. The summed E-state index contributed by atoms with van der Waals surface area (Å²) < 4.78 is 0. The van der Waals surface area contributed by atoms with E-state index in [4.69, 9.17) is 0 Å². The molecule has 1 unspecified atom stereocenters. The molecule has 0 amide bonds. The Kier molecular flexibility index (Phi) is 8.93. The van der Waals surface area contributed by atoms with Crippen molar-refractivity contribution in [3.8, 4) is 0 Å². The lowest BCUT2D eigenvalue weighted by atomic mass is 10.0. The molecule has 92 valence electrons. The van der Waals surface area contributed by atoms with Crippen LogP contribution in [0.25, 0.3) is 0 Å². The number of hydrogen-bond donors (Lipinski definition) is 0. The number of Topliss-reactive ketones (excluding diaryl/α,β-unsaturated/α-hetero) is 1. The van der Waals surface area contributed by atoms with Crippen molar-refractivity contribution in [3.05, 3.63) is 0 Å². The average Bonchev–Trinajstić information content (AvgIpc) is 2.49. The van der Waals surface area contributed by atoms with Crippen LogP contribution in [-0.2, 0) is 4.79 Å². The van der Waals surface area contributed by atoms with E-state index >= 15 is 0 Å². The van der Waals surface area contributed by atoms with Crippen LogP contribution in [0.5, 0.6) is 0 Å². The Labute approximate surface area is 96.0 Å². The van der Waals surface area contributed by atoms with Crippen molar-refractivity contribution in [1.29, 1.82) is 0 Å². The molecule has 1 rings (SSSR count). The van der Waals surface area contributed by atoms with E-state index in [0.717, 1.165) is 12.8 Å². The number of ketones is 1. The monoisotopic (exact) mass is 215 g/mol. The molecule has 0 aromatic rings. The third-order valence-electron chi connectivity index (χ3n) is 2.92. The van der Waals surface area contributed by atoms with Crippen LogP contribution >= 0.6 is 0 Å². The lowest BCUT2D eigenvalue weighted by Crippen LogP contribution is -2.42. The Morgan fingerprint density at radius 2 is 1.60 bits per heavy atom. The van der Waals surface area contributed by atoms with Crippen LogP contribution in [0.2, 0.25) is 0 Å². The average molecular weight is 215 g/mol. The molecule has 0 radical (unpaired) electrons. The number of carbonyl (C=O) groups is 1. The second-order valence-electron chi connectivity index (χ2n) is 4.09. The maximum Gasteiger partial charge on any atom is 0.146 e. The molecule has 0 saturated carbocycles. The minimum Gasteiger partial charge on any atom is -0.298 e. The number of rotatable bonds is 1. The Hall–Kier alpha value is -0.370. The normalized spacial score (nSPS) is 23.3. The van der Waals surface area contributed by atoms with Gasteiger partial charge >= 0.3 is 0 Å². The van der Waals surface area contributed by atoms with E-state index in [1.54, 1.807) is 6.92 Å². The van der Waals surface area contributed by atoms with Crippen LogP contribution in [0.1, 0.15) is 61.3 Å². The highest BCUT2D eigenvalue weighted by atomic mass is 16.1. The molecule has 0 N–H and O–H groups in total. The van der Waals surface area contributed by atoms with E-state index in [-0.39, 0.29) is 11.6 Å². The summed E-state index contributed by atoms with van der Waals surface area (Å²) in [4.78, 5) is 13.3. The third-order valence-corrected chi connectivity index (χ3v) is 2.92. The smallest absolute Gasteiger partial charge is 0.146 e. The van der Waals surface area contributed by atoms with Gasteiger partial charge in [0.25, 0.3) is 0 Å². The highest BCUT2D eigenvalue weighted by Gasteiger charge is 2.38. The summed E-state index contributed by atoms with van der Waals surface area (Å²) in [6, 6.07) is 0.171. The predicted octanol–water partition coefficient (Wildman–Crippen LogP) is 3.50. The van der Waals surface area contributed by atoms with Crippen LogP contribution in [0.15, 0.2) is 0 Å². The van der Waals surface area contributed by atoms with Gasteiger partial charge in [-0.25, -0.2) is 0 Å². The number of likely N-dealkylation sites (tertiary alicyclic amines) is 1. The zero-order valence-corrected chi connectivity index (χ0v) is 11.8. The highest BCUT2D eigenvalue weighted by molar-refractivity contribution is 5.81. The molecule has 15 heavy (non-hydrogen) atoms. The SMILES string of the molecule is CC.CC.CC(=O)C1CCC(C)(C)N1C. The summed E-state index contributed by atoms with van der Waals surface area (Å²) in [5, 5.41) is 0. The van der Waals surface area contributed by atoms with Gasteiger partial charge in [-0.2, -0.15) is 0 Å². The molecule has 0 aromatic carbocycles. The molecule has 2 nitrogen and oxygen atoms in total. The number of likely N-dealkylation sites (N-methyl/N-ethyl adjacent to an activating group) is 1. The van der Waals surface area contributed by atoms with Gasteiger partial charge in [0.1, 0.15) is 5.78 Å². The molecule has 1 aliphatic heterocycles. The molecule has 0 spiro atoms. The standard InChI is InChI=1S/C9H17NO.2C2H6/c1-7(11)8-5-6-9(2,3)10(8)4;2*1-2/h8H,5-6H2,1-4H3;2*1-2H3. The van der Waals surface area contributed by atoms with Gasteiger partial charge in [-0.3, -0.25) is 9.69 Å². The van der Waals surface area contributed by atoms with Gasteiger partial charge in [-0.15, -0.1) is 0 Å². The maximum atomic E-state index is 11.1. The highest BCUT2D eigenvalue weighted by Crippen LogP contribution is 2.31. The van der Waals surface area contributed by atoms with E-state index in [1.807, 2.05) is 34.7 Å². The van der Waals surface area contributed by atoms with Gasteiger partial charge in [0.15, 0.2) is 0 Å². The first-order valence-electron chi connectivity index (χ1n) is 6.18. The minimum atomic E-state index is 0.171. The molecule has 1 fully saturated rings. The number of carbonyl (C=O) groups excluding carboxylic acids is 1. The second kappa shape index (κ2) is 7.86. The summed E-state index contributed by atoms with van der Waals surface area (Å²) in [6.45, 7) is 14.1. The fraction of sp³-hybridized carbons (Fsp3) is 0.923. The third kappa shape index (κ3) is 4.78. The molecule has 1 saturated heterocycles. The first kappa shape index (κ1) is 17.0. The lowest BCUT2D eigenvalue weighted by molar-refractivity contribution is -0.121. The van der Waals surface area contributed by atoms with E-state index in [1.165, 1.54) is 0 Å². The molecule has 1 atom stereocenters. The van der Waals surface area contributed by atoms with Gasteiger partial charge in [-0.05, 0) is 40.7 Å².